The molecule has 0 radical (unpaired) electrons. The molecule has 1 N–H and O–H groups in total. The van der Waals surface area contributed by atoms with Crippen molar-refractivity contribution >= 4 is 27.5 Å². The first kappa shape index (κ1) is 28.9. The molecule has 0 aliphatic rings. The minimum absolute atomic E-state index is 0.172. The zero-order valence-corrected chi connectivity index (χ0v) is 22.3. The number of rotatable bonds is 12. The summed E-state index contributed by atoms with van der Waals surface area (Å²) in [6.45, 7) is 4.96. The Kier molecular flexibility index (Phi) is 10.1. The van der Waals surface area contributed by atoms with Crippen LogP contribution < -0.4 is 19.1 Å². The lowest BCUT2D eigenvalue weighted by Gasteiger charge is -2.31. The monoisotopic (exact) mass is 523 g/mol. The maximum absolute atomic E-state index is 14.4. The van der Waals surface area contributed by atoms with E-state index in [4.69, 9.17) is 9.47 Å². The third kappa shape index (κ3) is 7.58. The van der Waals surface area contributed by atoms with E-state index in [0.717, 1.165) is 10.6 Å². The van der Waals surface area contributed by atoms with Gasteiger partial charge in [-0.3, -0.25) is 13.9 Å². The molecule has 2 amide bonds. The average molecular weight is 524 g/mol. The molecule has 2 rings (SSSR count). The van der Waals surface area contributed by atoms with E-state index in [0.29, 0.717) is 12.3 Å². The second kappa shape index (κ2) is 12.6. The fourth-order valence-electron chi connectivity index (χ4n) is 3.44. The minimum atomic E-state index is -3.92. The quantitative estimate of drug-likeness (QED) is 0.459. The van der Waals surface area contributed by atoms with Gasteiger partial charge < -0.3 is 19.7 Å². The summed E-state index contributed by atoms with van der Waals surface area (Å²) in [5.41, 5.74) is 0.373. The highest BCUT2D eigenvalue weighted by Gasteiger charge is 2.31. The second-order valence-electron chi connectivity index (χ2n) is 8.74. The lowest BCUT2D eigenvalue weighted by atomic mass is 10.1. The van der Waals surface area contributed by atoms with E-state index in [1.165, 1.54) is 62.4 Å². The van der Waals surface area contributed by atoms with Crippen LogP contribution in [0.5, 0.6) is 11.5 Å². The summed E-state index contributed by atoms with van der Waals surface area (Å²) in [6.07, 6.45) is 0.969. The highest BCUT2D eigenvalue weighted by molar-refractivity contribution is 7.92. The number of nitrogens with zero attached hydrogens (tertiary/aromatic N) is 2. The summed E-state index contributed by atoms with van der Waals surface area (Å²) in [5.74, 6) is -0.790. The maximum atomic E-state index is 14.4. The van der Waals surface area contributed by atoms with E-state index in [1.54, 1.807) is 6.07 Å². The number of amides is 2. The van der Waals surface area contributed by atoms with Crippen molar-refractivity contribution in [2.45, 2.75) is 33.4 Å². The Morgan fingerprint density at radius 1 is 1.03 bits per heavy atom. The number of carbonyl (C=O) groups is 2. The van der Waals surface area contributed by atoms with Crippen molar-refractivity contribution in [2.24, 2.45) is 5.92 Å². The number of nitrogens with one attached hydrogen (secondary N) is 1. The van der Waals surface area contributed by atoms with Crippen LogP contribution in [0.15, 0.2) is 42.5 Å². The van der Waals surface area contributed by atoms with E-state index < -0.39 is 40.2 Å². The van der Waals surface area contributed by atoms with Crippen molar-refractivity contribution < 1.29 is 31.9 Å². The minimum Gasteiger partial charge on any atom is -0.493 e. The van der Waals surface area contributed by atoms with Crippen LogP contribution in [-0.4, -0.2) is 64.7 Å². The third-order valence-electron chi connectivity index (χ3n) is 5.48. The number of anilines is 1. The van der Waals surface area contributed by atoms with Gasteiger partial charge in [-0.25, -0.2) is 12.8 Å². The van der Waals surface area contributed by atoms with E-state index >= 15 is 0 Å². The Balaban J connectivity index is 2.43. The van der Waals surface area contributed by atoms with Gasteiger partial charge in [0.25, 0.3) is 0 Å². The van der Waals surface area contributed by atoms with Gasteiger partial charge in [-0.05, 0) is 31.0 Å². The van der Waals surface area contributed by atoms with Crippen molar-refractivity contribution in [3.8, 4) is 11.5 Å². The molecule has 1 atom stereocenters. The average Bonchev–Trinajstić information content (AvgIpc) is 2.83. The van der Waals surface area contributed by atoms with Crippen LogP contribution >= 0.6 is 0 Å². The van der Waals surface area contributed by atoms with Crippen LogP contribution in [0.2, 0.25) is 0 Å². The second-order valence-corrected chi connectivity index (χ2v) is 10.6. The van der Waals surface area contributed by atoms with Gasteiger partial charge >= 0.3 is 0 Å². The molecule has 0 heterocycles. The highest BCUT2D eigenvalue weighted by atomic mass is 32.2. The van der Waals surface area contributed by atoms with Gasteiger partial charge in [0.05, 0.1) is 26.2 Å². The molecule has 0 aromatic heterocycles. The van der Waals surface area contributed by atoms with Gasteiger partial charge in [-0.15, -0.1) is 0 Å². The van der Waals surface area contributed by atoms with E-state index in [-0.39, 0.29) is 29.5 Å². The smallest absolute Gasteiger partial charge is 0.244 e. The van der Waals surface area contributed by atoms with Crippen molar-refractivity contribution in [1.29, 1.82) is 0 Å². The highest BCUT2D eigenvalue weighted by Crippen LogP contribution is 2.32. The van der Waals surface area contributed by atoms with Gasteiger partial charge in [0.1, 0.15) is 18.4 Å². The van der Waals surface area contributed by atoms with Gasteiger partial charge in [-0.2, -0.15) is 0 Å². The summed E-state index contributed by atoms with van der Waals surface area (Å²) in [4.78, 5) is 27.5. The molecular weight excluding hydrogens is 489 g/mol. The Bertz CT molecular complexity index is 1170. The number of halogens is 1. The summed E-state index contributed by atoms with van der Waals surface area (Å²) < 4.78 is 51.2. The fraction of sp³-hybridized carbons (Fsp3) is 0.440. The number of carbonyl (C=O) groups excluding carboxylic acids is 2. The molecule has 0 bridgehead atoms. The van der Waals surface area contributed by atoms with Gasteiger partial charge in [0.15, 0.2) is 11.5 Å². The largest absolute Gasteiger partial charge is 0.493 e. The number of hydrogen-bond donors (Lipinski definition) is 1. The van der Waals surface area contributed by atoms with Crippen molar-refractivity contribution in [1.82, 2.24) is 10.2 Å². The zero-order chi connectivity index (χ0) is 27.0. The van der Waals surface area contributed by atoms with E-state index in [2.05, 4.69) is 5.32 Å². The van der Waals surface area contributed by atoms with Gasteiger partial charge in [0, 0.05) is 24.7 Å². The predicted molar refractivity (Wildman–Crippen MR) is 136 cm³/mol. The van der Waals surface area contributed by atoms with Gasteiger partial charge in [0.2, 0.25) is 21.8 Å². The van der Waals surface area contributed by atoms with Crippen LogP contribution in [0, 0.1) is 11.7 Å². The molecule has 11 heteroatoms. The molecule has 0 saturated heterocycles. The molecule has 0 aliphatic heterocycles. The molecule has 0 aliphatic carbocycles. The fourth-order valence-corrected chi connectivity index (χ4v) is 4.28. The number of sulfonamides is 1. The number of hydrogen-bond acceptors (Lipinski definition) is 6. The van der Waals surface area contributed by atoms with Crippen molar-refractivity contribution in [3.05, 3.63) is 53.8 Å². The molecule has 2 aromatic carbocycles. The van der Waals surface area contributed by atoms with Crippen LogP contribution in [-0.2, 0) is 26.2 Å². The predicted octanol–water partition coefficient (Wildman–Crippen LogP) is 2.80. The SMILES string of the molecule is COc1ccc(N(CC(=O)N(Cc2ccccc2F)[C@@H](C)C(=O)NCC(C)C)S(C)(=O)=O)cc1OC. The number of benzene rings is 2. The Morgan fingerprint density at radius 2 is 1.67 bits per heavy atom. The lowest BCUT2D eigenvalue weighted by molar-refractivity contribution is -0.139. The van der Waals surface area contributed by atoms with Crippen LogP contribution in [0.25, 0.3) is 0 Å². The summed E-state index contributed by atoms with van der Waals surface area (Å²) >= 11 is 0. The summed E-state index contributed by atoms with van der Waals surface area (Å²) in [5, 5.41) is 2.77. The third-order valence-corrected chi connectivity index (χ3v) is 6.63. The molecular formula is C25H34FN3O6S. The Morgan fingerprint density at radius 3 is 2.22 bits per heavy atom. The number of methoxy groups -OCH3 is 2. The number of ether oxygens (including phenoxy) is 2. The molecule has 0 unspecified atom stereocenters. The first-order valence-electron chi connectivity index (χ1n) is 11.4. The topological polar surface area (TPSA) is 105 Å². The van der Waals surface area contributed by atoms with Crippen LogP contribution in [0.3, 0.4) is 0 Å². The first-order valence-corrected chi connectivity index (χ1v) is 13.2. The van der Waals surface area contributed by atoms with Crippen molar-refractivity contribution in [2.75, 3.05) is 37.9 Å². The summed E-state index contributed by atoms with van der Waals surface area (Å²) in [6, 6.07) is 9.37. The molecule has 0 fully saturated rings. The molecule has 0 saturated carbocycles. The summed E-state index contributed by atoms with van der Waals surface area (Å²) in [7, 11) is -1.07. The Labute approximate surface area is 212 Å². The van der Waals surface area contributed by atoms with Crippen molar-refractivity contribution in [3.63, 3.8) is 0 Å². The molecule has 198 valence electrons. The van der Waals surface area contributed by atoms with Gasteiger partial charge in [-0.1, -0.05) is 32.0 Å². The van der Waals surface area contributed by atoms with E-state index in [9.17, 15) is 22.4 Å². The molecule has 2 aromatic rings. The maximum Gasteiger partial charge on any atom is 0.244 e. The lowest BCUT2D eigenvalue weighted by Crippen LogP contribution is -2.51. The normalized spacial score (nSPS) is 12.1. The molecule has 36 heavy (non-hydrogen) atoms. The first-order chi connectivity index (χ1) is 16.9. The van der Waals surface area contributed by atoms with E-state index in [1.807, 2.05) is 13.8 Å². The standard InChI is InChI=1S/C25H34FN3O6S/c1-17(2)14-27-25(31)18(3)28(15-19-9-7-8-10-21(19)26)24(30)16-29(36(6,32)33)20-11-12-22(34-4)23(13-20)35-5/h7-13,17-18H,14-16H2,1-6H3,(H,27,31)/t18-/m0/s1. The molecule has 0 spiro atoms. The Hall–Kier alpha value is -3.34. The molecule has 9 nitrogen and oxygen atoms in total. The van der Waals surface area contributed by atoms with Crippen LogP contribution in [0.4, 0.5) is 10.1 Å². The zero-order valence-electron chi connectivity index (χ0n) is 21.4. The van der Waals surface area contributed by atoms with Crippen LogP contribution in [0.1, 0.15) is 26.3 Å².